The second kappa shape index (κ2) is 9.55. The van der Waals surface area contributed by atoms with Crippen LogP contribution >= 0.6 is 0 Å². The van der Waals surface area contributed by atoms with Gasteiger partial charge in [0.05, 0.1) is 0 Å². The zero-order valence-corrected chi connectivity index (χ0v) is 12.4. The second-order valence-corrected chi connectivity index (χ2v) is 3.42. The Labute approximate surface area is 133 Å². The van der Waals surface area contributed by atoms with E-state index in [1.165, 1.54) is 5.56 Å². The van der Waals surface area contributed by atoms with E-state index in [1.807, 2.05) is 18.2 Å². The molecule has 0 saturated heterocycles. The van der Waals surface area contributed by atoms with E-state index < -0.39 is 5.97 Å². The molecule has 0 fully saturated rings. The monoisotopic (exact) mass is 230 g/mol. The van der Waals surface area contributed by atoms with Crippen molar-refractivity contribution in [3.63, 3.8) is 0 Å². The summed E-state index contributed by atoms with van der Waals surface area (Å²) >= 11 is 0. The zero-order chi connectivity index (χ0) is 10.2. The molecule has 1 rings (SSSR count). The van der Waals surface area contributed by atoms with Crippen molar-refractivity contribution in [2.45, 2.75) is 32.1 Å². The van der Waals surface area contributed by atoms with Gasteiger partial charge in [0, 0.05) is 5.97 Å². The summed E-state index contributed by atoms with van der Waals surface area (Å²) in [6.07, 6.45) is 3.97. The van der Waals surface area contributed by atoms with Crippen LogP contribution in [0.15, 0.2) is 30.3 Å². The Kier molecular flexibility index (Phi) is 9.75. The zero-order valence-electron chi connectivity index (χ0n) is 9.24. The molecule has 0 aliphatic heterocycles. The predicted octanol–water partition coefficient (Wildman–Crippen LogP) is -1.46. The van der Waals surface area contributed by atoms with Crippen molar-refractivity contribution >= 4 is 5.97 Å². The summed E-state index contributed by atoms with van der Waals surface area (Å²) in [7, 11) is 0. The van der Waals surface area contributed by atoms with Crippen LogP contribution < -0.4 is 56.5 Å². The van der Waals surface area contributed by atoms with E-state index in [2.05, 4.69) is 12.1 Å². The minimum Gasteiger partial charge on any atom is -0.550 e. The van der Waals surface area contributed by atoms with Gasteiger partial charge in [-0.25, -0.2) is 0 Å². The van der Waals surface area contributed by atoms with Gasteiger partial charge >= 0.3 is 51.4 Å². The van der Waals surface area contributed by atoms with Crippen molar-refractivity contribution in [1.82, 2.24) is 0 Å². The largest absolute Gasteiger partial charge is 1.00 e. The van der Waals surface area contributed by atoms with Crippen LogP contribution in [0.4, 0.5) is 0 Å². The number of unbranched alkanes of at least 4 members (excludes halogenated alkanes) is 2. The molecule has 0 amide bonds. The van der Waals surface area contributed by atoms with Crippen molar-refractivity contribution in [1.29, 1.82) is 0 Å². The number of carboxylic acid groups (broad SMARTS) is 1. The molecule has 15 heavy (non-hydrogen) atoms. The molecular weight excluding hydrogens is 215 g/mol. The van der Waals surface area contributed by atoms with Crippen molar-refractivity contribution in [3.8, 4) is 0 Å². The number of aliphatic carboxylic acids is 1. The third-order valence-corrected chi connectivity index (χ3v) is 2.19. The molecule has 0 atom stereocenters. The summed E-state index contributed by atoms with van der Waals surface area (Å²) in [6.45, 7) is 0. The number of carbonyl (C=O) groups is 1. The molecule has 0 saturated carbocycles. The Morgan fingerprint density at radius 1 is 1.07 bits per heavy atom. The molecule has 0 radical (unpaired) electrons. The Balaban J connectivity index is 0.00000196. The maximum absolute atomic E-state index is 10.1. The molecule has 0 aliphatic carbocycles. The van der Waals surface area contributed by atoms with E-state index in [0.717, 1.165) is 25.7 Å². The summed E-state index contributed by atoms with van der Waals surface area (Å²) in [5.41, 5.74) is 1.32. The molecule has 3 heteroatoms. The quantitative estimate of drug-likeness (QED) is 0.443. The number of hydrogen-bond donors (Lipinski definition) is 0. The van der Waals surface area contributed by atoms with Gasteiger partial charge < -0.3 is 9.90 Å². The molecule has 0 aliphatic rings. The summed E-state index contributed by atoms with van der Waals surface area (Å²) in [4.78, 5) is 10.1. The molecule has 0 aromatic heterocycles. The molecule has 76 valence electrons. The van der Waals surface area contributed by atoms with Crippen LogP contribution in [-0.4, -0.2) is 5.97 Å². The summed E-state index contributed by atoms with van der Waals surface area (Å²) in [6, 6.07) is 10.2. The number of carboxylic acids is 1. The van der Waals surface area contributed by atoms with E-state index in [1.54, 1.807) is 0 Å². The minimum absolute atomic E-state index is 0. The van der Waals surface area contributed by atoms with Gasteiger partial charge in [0.15, 0.2) is 0 Å². The summed E-state index contributed by atoms with van der Waals surface area (Å²) in [5, 5.41) is 10.1. The fourth-order valence-corrected chi connectivity index (χ4v) is 1.42. The summed E-state index contributed by atoms with van der Waals surface area (Å²) in [5.74, 6) is -0.940. The molecule has 0 N–H and O–H groups in total. The normalized spacial score (nSPS) is 9.33. The Bertz CT molecular complexity index is 272. The molecule has 1 aromatic rings. The van der Waals surface area contributed by atoms with Crippen LogP contribution in [0, 0.1) is 0 Å². The van der Waals surface area contributed by atoms with Gasteiger partial charge in [-0.1, -0.05) is 36.8 Å². The first-order valence-corrected chi connectivity index (χ1v) is 5.03. The van der Waals surface area contributed by atoms with Crippen LogP contribution in [0.3, 0.4) is 0 Å². The molecule has 0 spiro atoms. The van der Waals surface area contributed by atoms with Gasteiger partial charge in [-0.15, -0.1) is 0 Å². The molecule has 0 heterocycles. The van der Waals surface area contributed by atoms with Gasteiger partial charge in [0.2, 0.25) is 0 Å². The first kappa shape index (κ1) is 15.3. The first-order chi connectivity index (χ1) is 6.79. The predicted molar refractivity (Wildman–Crippen MR) is 53.6 cm³/mol. The average molecular weight is 230 g/mol. The maximum atomic E-state index is 10.1. The van der Waals surface area contributed by atoms with Gasteiger partial charge in [-0.2, -0.15) is 0 Å². The minimum atomic E-state index is -0.940. The van der Waals surface area contributed by atoms with E-state index >= 15 is 0 Å². The molecule has 2 nitrogen and oxygen atoms in total. The van der Waals surface area contributed by atoms with Crippen LogP contribution in [-0.2, 0) is 11.2 Å². The fraction of sp³-hybridized carbons (Fsp3) is 0.417. The van der Waals surface area contributed by atoms with E-state index in [0.29, 0.717) is 0 Å². The molecular formula is C12H15KO2. The Morgan fingerprint density at radius 2 is 1.73 bits per heavy atom. The Morgan fingerprint density at radius 3 is 2.33 bits per heavy atom. The van der Waals surface area contributed by atoms with Crippen molar-refractivity contribution in [3.05, 3.63) is 35.9 Å². The molecule has 1 aromatic carbocycles. The Hall–Kier alpha value is 0.326. The van der Waals surface area contributed by atoms with Crippen molar-refractivity contribution in [2.24, 2.45) is 0 Å². The number of rotatable bonds is 6. The number of aryl methyl sites for hydroxylation is 1. The fourth-order valence-electron chi connectivity index (χ4n) is 1.42. The van der Waals surface area contributed by atoms with E-state index in [4.69, 9.17) is 0 Å². The van der Waals surface area contributed by atoms with Crippen LogP contribution in [0.5, 0.6) is 0 Å². The first-order valence-electron chi connectivity index (χ1n) is 5.03. The topological polar surface area (TPSA) is 40.1 Å². The van der Waals surface area contributed by atoms with Gasteiger partial charge in [0.25, 0.3) is 0 Å². The van der Waals surface area contributed by atoms with Crippen molar-refractivity contribution in [2.75, 3.05) is 0 Å². The van der Waals surface area contributed by atoms with Gasteiger partial charge in [0.1, 0.15) is 0 Å². The number of hydrogen-bond acceptors (Lipinski definition) is 2. The third kappa shape index (κ3) is 8.17. The maximum Gasteiger partial charge on any atom is 1.00 e. The SMILES string of the molecule is O=C([O-])CCCCCc1ccccc1.[K+]. The smallest absolute Gasteiger partial charge is 0.550 e. The average Bonchev–Trinajstić information content (AvgIpc) is 2.18. The second-order valence-electron chi connectivity index (χ2n) is 3.42. The number of carbonyl (C=O) groups excluding carboxylic acids is 1. The third-order valence-electron chi connectivity index (χ3n) is 2.19. The van der Waals surface area contributed by atoms with Crippen LogP contribution in [0.2, 0.25) is 0 Å². The van der Waals surface area contributed by atoms with Gasteiger partial charge in [-0.3, -0.25) is 0 Å². The number of benzene rings is 1. The molecule has 0 bridgehead atoms. The van der Waals surface area contributed by atoms with E-state index in [-0.39, 0.29) is 57.8 Å². The van der Waals surface area contributed by atoms with Crippen molar-refractivity contribution < 1.29 is 61.3 Å². The van der Waals surface area contributed by atoms with Crippen LogP contribution in [0.25, 0.3) is 0 Å². The van der Waals surface area contributed by atoms with Crippen LogP contribution in [0.1, 0.15) is 31.2 Å². The molecule has 0 unspecified atom stereocenters. The summed E-state index contributed by atoms with van der Waals surface area (Å²) < 4.78 is 0. The standard InChI is InChI=1S/C12H16O2.K/c13-12(14)10-6-2-5-9-11-7-3-1-4-8-11;/h1,3-4,7-8H,2,5-6,9-10H2,(H,13,14);/q;+1/p-1. The van der Waals surface area contributed by atoms with E-state index in [9.17, 15) is 9.90 Å². The van der Waals surface area contributed by atoms with Gasteiger partial charge in [-0.05, 0) is 31.2 Å².